The van der Waals surface area contributed by atoms with Gasteiger partial charge < -0.3 is 15.2 Å². The molecule has 16 heavy (non-hydrogen) atoms. The molecule has 1 aromatic rings. The number of halogens is 3. The molecule has 1 amide bonds. The Morgan fingerprint density at radius 3 is 2.38 bits per heavy atom. The van der Waals surface area contributed by atoms with E-state index in [9.17, 15) is 27.9 Å². The van der Waals surface area contributed by atoms with Crippen LogP contribution < -0.4 is 10.4 Å². The van der Waals surface area contributed by atoms with Gasteiger partial charge in [-0.15, -0.1) is 0 Å². The van der Waals surface area contributed by atoms with Crippen LogP contribution in [-0.2, 0) is 15.8 Å². The van der Waals surface area contributed by atoms with E-state index in [2.05, 4.69) is 0 Å². The van der Waals surface area contributed by atoms with Gasteiger partial charge in [-0.1, -0.05) is 6.07 Å². The number of benzene rings is 1. The highest BCUT2D eigenvalue weighted by Crippen LogP contribution is 2.30. The van der Waals surface area contributed by atoms with Crippen LogP contribution >= 0.6 is 0 Å². The molecule has 1 aromatic carbocycles. The molecule has 0 unspecified atom stereocenters. The van der Waals surface area contributed by atoms with Crippen LogP contribution in [0.1, 0.15) is 5.56 Å². The van der Waals surface area contributed by atoms with E-state index >= 15 is 0 Å². The summed E-state index contributed by atoms with van der Waals surface area (Å²) in [5.41, 5.74) is -1.24. The quantitative estimate of drug-likeness (QED) is 0.712. The first-order valence-corrected chi connectivity index (χ1v) is 4.00. The largest absolute Gasteiger partial charge is 0.540 e. The van der Waals surface area contributed by atoms with Crippen molar-refractivity contribution in [1.29, 1.82) is 0 Å². The molecule has 7 heteroatoms. The fourth-order valence-corrected chi connectivity index (χ4v) is 0.955. The SMILES string of the molecule is O=C([O-])C(=O)Nc1cccc(C(F)(F)F)c1. The van der Waals surface area contributed by atoms with Gasteiger partial charge in [0, 0.05) is 5.69 Å². The van der Waals surface area contributed by atoms with Crippen LogP contribution in [0.25, 0.3) is 0 Å². The third-order valence-electron chi connectivity index (χ3n) is 1.63. The van der Waals surface area contributed by atoms with Gasteiger partial charge in [0.05, 0.1) is 5.56 Å². The topological polar surface area (TPSA) is 69.2 Å². The number of hydrogen-bond donors (Lipinski definition) is 1. The lowest BCUT2D eigenvalue weighted by Gasteiger charge is -2.09. The summed E-state index contributed by atoms with van der Waals surface area (Å²) in [4.78, 5) is 20.7. The molecule has 0 fully saturated rings. The van der Waals surface area contributed by atoms with Gasteiger partial charge in [-0.2, -0.15) is 13.2 Å². The van der Waals surface area contributed by atoms with E-state index < -0.39 is 23.6 Å². The van der Waals surface area contributed by atoms with Gasteiger partial charge >= 0.3 is 6.18 Å². The number of amides is 1. The van der Waals surface area contributed by atoms with E-state index in [-0.39, 0.29) is 5.69 Å². The lowest BCUT2D eigenvalue weighted by molar-refractivity contribution is -0.299. The minimum absolute atomic E-state index is 0.260. The standard InChI is InChI=1S/C9H6F3NO3/c10-9(11,12)5-2-1-3-6(4-5)13-7(14)8(15)16/h1-4H,(H,13,14)(H,15,16)/p-1. The highest BCUT2D eigenvalue weighted by Gasteiger charge is 2.30. The lowest BCUT2D eigenvalue weighted by atomic mass is 10.2. The average molecular weight is 232 g/mol. The molecule has 0 aliphatic rings. The predicted molar refractivity (Wildman–Crippen MR) is 45.1 cm³/mol. The summed E-state index contributed by atoms with van der Waals surface area (Å²) in [5.74, 6) is -3.52. The Hall–Kier alpha value is -2.05. The number of anilines is 1. The summed E-state index contributed by atoms with van der Waals surface area (Å²) in [5, 5.41) is 11.8. The zero-order valence-corrected chi connectivity index (χ0v) is 7.67. The number of carboxylic acids is 1. The summed E-state index contributed by atoms with van der Waals surface area (Å²) in [6.45, 7) is 0. The zero-order chi connectivity index (χ0) is 12.3. The van der Waals surface area contributed by atoms with E-state index in [0.717, 1.165) is 18.2 Å². The summed E-state index contributed by atoms with van der Waals surface area (Å²) in [6.07, 6.45) is -4.55. The minimum Gasteiger partial charge on any atom is -0.540 e. The zero-order valence-electron chi connectivity index (χ0n) is 7.67. The van der Waals surface area contributed by atoms with Crippen LogP contribution in [0.4, 0.5) is 18.9 Å². The summed E-state index contributed by atoms with van der Waals surface area (Å²) >= 11 is 0. The van der Waals surface area contributed by atoms with Crippen molar-refractivity contribution in [3.63, 3.8) is 0 Å². The maximum atomic E-state index is 12.2. The lowest BCUT2D eigenvalue weighted by Crippen LogP contribution is -2.36. The molecule has 4 nitrogen and oxygen atoms in total. The number of nitrogens with one attached hydrogen (secondary N) is 1. The highest BCUT2D eigenvalue weighted by atomic mass is 19.4. The Kier molecular flexibility index (Phi) is 3.17. The summed E-state index contributed by atoms with van der Waals surface area (Å²) in [7, 11) is 0. The van der Waals surface area contributed by atoms with Gasteiger partial charge in [-0.25, -0.2) is 0 Å². The molecule has 0 bridgehead atoms. The van der Waals surface area contributed by atoms with E-state index in [0.29, 0.717) is 6.07 Å². The molecule has 1 rings (SSSR count). The molecule has 0 aliphatic carbocycles. The number of carbonyl (C=O) groups excluding carboxylic acids is 2. The molecule has 0 aliphatic heterocycles. The van der Waals surface area contributed by atoms with E-state index in [4.69, 9.17) is 0 Å². The van der Waals surface area contributed by atoms with Crippen molar-refractivity contribution >= 4 is 17.6 Å². The van der Waals surface area contributed by atoms with Crippen LogP contribution in [0.15, 0.2) is 24.3 Å². The van der Waals surface area contributed by atoms with Gasteiger partial charge in [-0.3, -0.25) is 4.79 Å². The Morgan fingerprint density at radius 1 is 1.25 bits per heavy atom. The monoisotopic (exact) mass is 232 g/mol. The first kappa shape index (κ1) is 12.0. The third kappa shape index (κ3) is 2.97. The molecular formula is C9H5F3NO3-. The number of aliphatic carboxylic acids is 1. The second-order valence-electron chi connectivity index (χ2n) is 2.82. The molecule has 0 atom stereocenters. The first-order chi connectivity index (χ1) is 7.30. The van der Waals surface area contributed by atoms with Gasteiger partial charge in [0.25, 0.3) is 5.91 Å². The number of rotatable bonds is 1. The molecule has 0 saturated carbocycles. The van der Waals surface area contributed by atoms with E-state index in [1.807, 2.05) is 0 Å². The highest BCUT2D eigenvalue weighted by molar-refractivity contribution is 6.35. The third-order valence-corrected chi connectivity index (χ3v) is 1.63. The van der Waals surface area contributed by atoms with Crippen molar-refractivity contribution in [2.24, 2.45) is 0 Å². The Balaban J connectivity index is 2.92. The molecule has 0 spiro atoms. The number of alkyl halides is 3. The molecule has 0 heterocycles. The maximum Gasteiger partial charge on any atom is 0.416 e. The summed E-state index contributed by atoms with van der Waals surface area (Å²) < 4.78 is 36.7. The van der Waals surface area contributed by atoms with Gasteiger partial charge in [-0.05, 0) is 18.2 Å². The summed E-state index contributed by atoms with van der Waals surface area (Å²) in [6, 6.07) is 3.61. The van der Waals surface area contributed by atoms with Crippen molar-refractivity contribution in [2.75, 3.05) is 5.32 Å². The first-order valence-electron chi connectivity index (χ1n) is 4.00. The van der Waals surface area contributed by atoms with Gasteiger partial charge in [0.2, 0.25) is 0 Å². The smallest absolute Gasteiger partial charge is 0.416 e. The van der Waals surface area contributed by atoms with Gasteiger partial charge in [0.1, 0.15) is 5.97 Å². The van der Waals surface area contributed by atoms with Crippen molar-refractivity contribution < 1.29 is 27.9 Å². The van der Waals surface area contributed by atoms with Crippen LogP contribution in [0.3, 0.4) is 0 Å². The van der Waals surface area contributed by atoms with Crippen LogP contribution in [0, 0.1) is 0 Å². The Morgan fingerprint density at radius 2 is 1.88 bits per heavy atom. The van der Waals surface area contributed by atoms with E-state index in [1.54, 1.807) is 5.32 Å². The van der Waals surface area contributed by atoms with Crippen molar-refractivity contribution in [1.82, 2.24) is 0 Å². The number of carboxylic acid groups (broad SMARTS) is 1. The predicted octanol–water partition coefficient (Wildman–Crippen LogP) is 0.394. The fraction of sp³-hybridized carbons (Fsp3) is 0.111. The molecule has 86 valence electrons. The van der Waals surface area contributed by atoms with E-state index in [1.165, 1.54) is 0 Å². The molecule has 0 radical (unpaired) electrons. The second kappa shape index (κ2) is 4.21. The van der Waals surface area contributed by atoms with Crippen molar-refractivity contribution in [3.8, 4) is 0 Å². The van der Waals surface area contributed by atoms with Crippen molar-refractivity contribution in [2.45, 2.75) is 6.18 Å². The Labute approximate surface area is 87.7 Å². The molecular weight excluding hydrogens is 227 g/mol. The molecule has 0 saturated heterocycles. The Bertz CT molecular complexity index is 428. The van der Waals surface area contributed by atoms with Crippen molar-refractivity contribution in [3.05, 3.63) is 29.8 Å². The van der Waals surface area contributed by atoms with Crippen LogP contribution in [0.5, 0.6) is 0 Å². The normalized spacial score (nSPS) is 10.9. The number of hydrogen-bond acceptors (Lipinski definition) is 3. The minimum atomic E-state index is -4.55. The average Bonchev–Trinajstić information content (AvgIpc) is 2.16. The maximum absolute atomic E-state index is 12.2. The fourth-order valence-electron chi connectivity index (χ4n) is 0.955. The number of carbonyl (C=O) groups is 2. The molecule has 0 aromatic heterocycles. The van der Waals surface area contributed by atoms with Crippen LogP contribution in [-0.4, -0.2) is 11.9 Å². The van der Waals surface area contributed by atoms with Crippen LogP contribution in [0.2, 0.25) is 0 Å². The molecule has 1 N–H and O–H groups in total. The van der Waals surface area contributed by atoms with Gasteiger partial charge in [0.15, 0.2) is 0 Å². The second-order valence-corrected chi connectivity index (χ2v) is 2.82.